The van der Waals surface area contributed by atoms with Gasteiger partial charge in [0.25, 0.3) is 0 Å². The number of halogens is 2. The summed E-state index contributed by atoms with van der Waals surface area (Å²) >= 11 is 13.6. The highest BCUT2D eigenvalue weighted by Crippen LogP contribution is 2.24. The van der Waals surface area contributed by atoms with Gasteiger partial charge in [0.1, 0.15) is 0 Å². The Labute approximate surface area is 115 Å². The predicted octanol–water partition coefficient (Wildman–Crippen LogP) is 1.62. The van der Waals surface area contributed by atoms with Crippen LogP contribution in [0.3, 0.4) is 0 Å². The van der Waals surface area contributed by atoms with Crippen LogP contribution in [0.15, 0.2) is 23.2 Å². The number of quaternary nitrogens is 1. The molecule has 1 aliphatic heterocycles. The largest absolute Gasteiger partial charge is 0.318 e. The van der Waals surface area contributed by atoms with Gasteiger partial charge in [-0.05, 0) is 17.7 Å². The molecule has 1 atom stereocenters. The fourth-order valence-corrected chi connectivity index (χ4v) is 2.86. The van der Waals surface area contributed by atoms with Gasteiger partial charge in [-0.1, -0.05) is 41.0 Å². The molecule has 0 aromatic heterocycles. The number of rotatable bonds is 2. The van der Waals surface area contributed by atoms with Gasteiger partial charge < -0.3 is 10.2 Å². The first kappa shape index (κ1) is 13.0. The van der Waals surface area contributed by atoms with Gasteiger partial charge >= 0.3 is 0 Å². The van der Waals surface area contributed by atoms with Crippen LogP contribution in [-0.4, -0.2) is 25.6 Å². The summed E-state index contributed by atoms with van der Waals surface area (Å²) in [4.78, 5) is 5.80. The van der Waals surface area contributed by atoms with Gasteiger partial charge in [0, 0.05) is 15.8 Å². The van der Waals surface area contributed by atoms with Crippen molar-refractivity contribution in [2.75, 3.05) is 20.4 Å². The first-order chi connectivity index (χ1) is 8.15. The number of hydrogen-bond donors (Lipinski definition) is 2. The van der Waals surface area contributed by atoms with Crippen LogP contribution in [0.4, 0.5) is 0 Å². The Kier molecular flexibility index (Phi) is 4.56. The second-order valence-electron chi connectivity index (χ2n) is 3.96. The molecule has 1 aromatic rings. The first-order valence-electron chi connectivity index (χ1n) is 5.31. The van der Waals surface area contributed by atoms with Gasteiger partial charge in [0.05, 0.1) is 7.05 Å². The molecule has 1 aromatic carbocycles. The number of amidine groups is 1. The van der Waals surface area contributed by atoms with Crippen LogP contribution in [0.5, 0.6) is 0 Å². The summed E-state index contributed by atoms with van der Waals surface area (Å²) in [5.74, 6) is 0.806. The van der Waals surface area contributed by atoms with Gasteiger partial charge in [0.2, 0.25) is 0 Å². The smallest absolute Gasteiger partial charge is 0.175 e. The lowest BCUT2D eigenvalue weighted by Gasteiger charge is -2.19. The highest BCUT2D eigenvalue weighted by Gasteiger charge is 2.11. The summed E-state index contributed by atoms with van der Waals surface area (Å²) < 4.78 is 0. The SMILES string of the molecule is C[NH+]1CN=C(SCc2ccc(Cl)cc2Cl)NC1. The number of thioether (sulfide) groups is 1. The molecular weight excluding hydrogens is 277 g/mol. The lowest BCUT2D eigenvalue weighted by Crippen LogP contribution is -3.11. The molecule has 2 rings (SSSR count). The number of benzene rings is 1. The van der Waals surface area contributed by atoms with Gasteiger partial charge in [-0.25, -0.2) is 4.99 Å². The maximum atomic E-state index is 6.11. The molecule has 0 amide bonds. The van der Waals surface area contributed by atoms with Gasteiger partial charge in [-0.2, -0.15) is 0 Å². The minimum atomic E-state index is 0.669. The van der Waals surface area contributed by atoms with Crippen LogP contribution in [0.25, 0.3) is 0 Å². The summed E-state index contributed by atoms with van der Waals surface area (Å²) in [6.07, 6.45) is 0. The number of nitrogens with zero attached hydrogens (tertiary/aromatic N) is 1. The monoisotopic (exact) mass is 290 g/mol. The Morgan fingerprint density at radius 2 is 2.29 bits per heavy atom. The fourth-order valence-electron chi connectivity index (χ4n) is 1.43. The van der Waals surface area contributed by atoms with Crippen molar-refractivity contribution in [1.29, 1.82) is 0 Å². The van der Waals surface area contributed by atoms with E-state index in [0.29, 0.717) is 10.0 Å². The van der Waals surface area contributed by atoms with Crippen molar-refractivity contribution in [3.63, 3.8) is 0 Å². The van der Waals surface area contributed by atoms with Crippen LogP contribution < -0.4 is 10.2 Å². The van der Waals surface area contributed by atoms with Crippen LogP contribution >= 0.6 is 35.0 Å². The van der Waals surface area contributed by atoms with Crippen LogP contribution in [0.1, 0.15) is 5.56 Å². The quantitative estimate of drug-likeness (QED) is 0.867. The van der Waals surface area contributed by atoms with Crippen molar-refractivity contribution >= 4 is 40.1 Å². The molecule has 17 heavy (non-hydrogen) atoms. The van der Waals surface area contributed by atoms with E-state index in [1.54, 1.807) is 17.8 Å². The minimum Gasteiger partial charge on any atom is -0.318 e. The molecule has 0 bridgehead atoms. The molecule has 92 valence electrons. The topological polar surface area (TPSA) is 28.8 Å². The van der Waals surface area contributed by atoms with Crippen LogP contribution in [-0.2, 0) is 5.75 Å². The first-order valence-corrected chi connectivity index (χ1v) is 7.05. The molecule has 0 fully saturated rings. The molecular formula is C11H14Cl2N3S+. The molecule has 1 heterocycles. The van der Waals surface area contributed by atoms with Crippen molar-refractivity contribution in [2.24, 2.45) is 4.99 Å². The second kappa shape index (κ2) is 5.96. The molecule has 6 heteroatoms. The van der Waals surface area contributed by atoms with E-state index in [2.05, 4.69) is 17.4 Å². The molecule has 0 saturated heterocycles. The highest BCUT2D eigenvalue weighted by atomic mass is 35.5. The third kappa shape index (κ3) is 3.78. The number of hydrogen-bond acceptors (Lipinski definition) is 3. The van der Waals surface area contributed by atoms with Crippen molar-refractivity contribution in [2.45, 2.75) is 5.75 Å². The zero-order chi connectivity index (χ0) is 12.3. The van der Waals surface area contributed by atoms with E-state index in [0.717, 1.165) is 29.8 Å². The molecule has 1 aliphatic rings. The Bertz CT molecular complexity index is 437. The minimum absolute atomic E-state index is 0.669. The van der Waals surface area contributed by atoms with Crippen LogP contribution in [0.2, 0.25) is 10.0 Å². The molecule has 3 nitrogen and oxygen atoms in total. The van der Waals surface area contributed by atoms with Crippen molar-refractivity contribution < 1.29 is 4.90 Å². The Hall–Kier alpha value is -0.420. The number of aliphatic imine (C=N–C) groups is 1. The molecule has 0 spiro atoms. The van der Waals surface area contributed by atoms with Crippen molar-refractivity contribution in [3.05, 3.63) is 33.8 Å². The summed E-state index contributed by atoms with van der Waals surface area (Å²) in [6, 6.07) is 5.59. The van der Waals surface area contributed by atoms with Crippen LogP contribution in [0, 0.1) is 0 Å². The summed E-state index contributed by atoms with van der Waals surface area (Å²) in [6.45, 7) is 1.74. The molecule has 0 saturated carbocycles. The van der Waals surface area contributed by atoms with Crippen molar-refractivity contribution in [1.82, 2.24) is 5.32 Å². The van der Waals surface area contributed by atoms with Crippen molar-refractivity contribution in [3.8, 4) is 0 Å². The Morgan fingerprint density at radius 3 is 2.94 bits per heavy atom. The number of nitrogens with one attached hydrogen (secondary N) is 2. The van der Waals surface area contributed by atoms with E-state index < -0.39 is 0 Å². The lowest BCUT2D eigenvalue weighted by atomic mass is 10.2. The molecule has 2 N–H and O–H groups in total. The Morgan fingerprint density at radius 1 is 1.47 bits per heavy atom. The van der Waals surface area contributed by atoms with Gasteiger partial charge in [-0.3, -0.25) is 0 Å². The van der Waals surface area contributed by atoms with Gasteiger partial charge in [-0.15, -0.1) is 0 Å². The highest BCUT2D eigenvalue weighted by molar-refractivity contribution is 8.13. The third-order valence-corrected chi connectivity index (χ3v) is 4.00. The second-order valence-corrected chi connectivity index (χ2v) is 5.76. The normalized spacial score (nSPS) is 19.7. The van der Waals surface area contributed by atoms with Gasteiger partial charge in [0.15, 0.2) is 18.5 Å². The zero-order valence-corrected chi connectivity index (χ0v) is 11.8. The van der Waals surface area contributed by atoms with E-state index in [1.807, 2.05) is 12.1 Å². The summed E-state index contributed by atoms with van der Waals surface area (Å²) in [5.41, 5.74) is 1.08. The Balaban J connectivity index is 1.94. The predicted molar refractivity (Wildman–Crippen MR) is 74.9 cm³/mol. The van der Waals surface area contributed by atoms with E-state index in [9.17, 15) is 0 Å². The lowest BCUT2D eigenvalue weighted by molar-refractivity contribution is -0.882. The summed E-state index contributed by atoms with van der Waals surface area (Å²) in [7, 11) is 2.11. The molecule has 0 radical (unpaired) electrons. The van der Waals surface area contributed by atoms with E-state index >= 15 is 0 Å². The molecule has 1 unspecified atom stereocenters. The summed E-state index contributed by atoms with van der Waals surface area (Å²) in [5, 5.41) is 5.65. The zero-order valence-electron chi connectivity index (χ0n) is 9.46. The molecule has 0 aliphatic carbocycles. The average molecular weight is 291 g/mol. The maximum Gasteiger partial charge on any atom is 0.175 e. The van der Waals surface area contributed by atoms with E-state index in [4.69, 9.17) is 23.2 Å². The fraction of sp³-hybridized carbons (Fsp3) is 0.364. The van der Waals surface area contributed by atoms with E-state index in [1.165, 1.54) is 4.90 Å². The third-order valence-electron chi connectivity index (χ3n) is 2.41. The van der Waals surface area contributed by atoms with E-state index in [-0.39, 0.29) is 0 Å². The standard InChI is InChI=1S/C11H13Cl2N3S/c1-16-6-14-11(15-7-16)17-5-8-2-3-9(12)4-10(8)13/h2-4H,5-7H2,1H3,(H,14,15)/p+1. The maximum absolute atomic E-state index is 6.11. The average Bonchev–Trinajstić information content (AvgIpc) is 2.30.